The van der Waals surface area contributed by atoms with Crippen LogP contribution in [0.4, 0.5) is 0 Å². The molecule has 3 aromatic carbocycles. The molecular formula is C30H25IN2. The van der Waals surface area contributed by atoms with Gasteiger partial charge in [-0.25, -0.2) is 0 Å². The Bertz CT molecular complexity index is 1390. The summed E-state index contributed by atoms with van der Waals surface area (Å²) in [6.07, 6.45) is 6.82. The maximum absolute atomic E-state index is 4.76. The van der Waals surface area contributed by atoms with E-state index in [0.29, 0.717) is 6.04 Å². The average Bonchev–Trinajstić information content (AvgIpc) is 3.17. The van der Waals surface area contributed by atoms with Crippen molar-refractivity contribution in [2.75, 3.05) is 0 Å². The topological polar surface area (TPSA) is 16.1 Å². The van der Waals surface area contributed by atoms with Gasteiger partial charge < -0.3 is 0 Å². The third-order valence-electron chi connectivity index (χ3n) is 6.38. The molecular weight excluding hydrogens is 515 g/mol. The molecule has 0 spiro atoms. The van der Waals surface area contributed by atoms with Crippen molar-refractivity contribution in [3.8, 4) is 11.3 Å². The Morgan fingerprint density at radius 2 is 1.52 bits per heavy atom. The minimum absolute atomic E-state index is 0.302. The van der Waals surface area contributed by atoms with Crippen molar-refractivity contribution in [3.05, 3.63) is 139 Å². The van der Waals surface area contributed by atoms with Crippen LogP contribution in [0.3, 0.4) is 0 Å². The number of aromatic nitrogens is 1. The fraction of sp³-hybridized carbons (Fsp3) is 0.100. The Hall–Kier alpha value is -3.18. The number of allylic oxidation sites excluding steroid dienone is 2. The normalized spacial score (nSPS) is 17.8. The Balaban J connectivity index is 1.57. The molecule has 33 heavy (non-hydrogen) atoms. The fourth-order valence-corrected chi connectivity index (χ4v) is 11.7. The Morgan fingerprint density at radius 3 is 2.33 bits per heavy atom. The molecule has 0 saturated carbocycles. The first kappa shape index (κ1) is 20.4. The summed E-state index contributed by atoms with van der Waals surface area (Å²) < 4.78 is 5.69. The zero-order chi connectivity index (χ0) is 22.4. The van der Waals surface area contributed by atoms with Gasteiger partial charge in [0.2, 0.25) is 0 Å². The van der Waals surface area contributed by atoms with E-state index in [1.165, 1.54) is 40.5 Å². The fourth-order valence-electron chi connectivity index (χ4n) is 4.81. The summed E-state index contributed by atoms with van der Waals surface area (Å²) in [6.45, 7) is 4.47. The molecule has 0 aliphatic carbocycles. The van der Waals surface area contributed by atoms with Crippen LogP contribution in [0, 0.1) is 14.1 Å². The molecule has 6 rings (SSSR count). The summed E-state index contributed by atoms with van der Waals surface area (Å²) in [6, 6.07) is 33.2. The second-order valence-corrected chi connectivity index (χ2v) is 13.4. The van der Waals surface area contributed by atoms with Gasteiger partial charge in [0, 0.05) is 0 Å². The Morgan fingerprint density at radius 1 is 0.758 bits per heavy atom. The summed E-state index contributed by atoms with van der Waals surface area (Å²) in [5.74, 6) is 0. The summed E-state index contributed by atoms with van der Waals surface area (Å²) in [5, 5.41) is 0. The minimum atomic E-state index is -1.97. The van der Waals surface area contributed by atoms with Gasteiger partial charge in [-0.05, 0) is 0 Å². The van der Waals surface area contributed by atoms with E-state index >= 15 is 0 Å². The van der Waals surface area contributed by atoms with Crippen molar-refractivity contribution in [2.24, 2.45) is 0 Å². The summed E-state index contributed by atoms with van der Waals surface area (Å²) in [5.41, 5.74) is 9.09. The van der Waals surface area contributed by atoms with Gasteiger partial charge >= 0.3 is 204 Å². The monoisotopic (exact) mass is 540 g/mol. The van der Waals surface area contributed by atoms with Crippen LogP contribution in [-0.2, 0) is 0 Å². The van der Waals surface area contributed by atoms with Crippen LogP contribution in [0.5, 0.6) is 0 Å². The molecule has 1 unspecified atom stereocenters. The molecule has 2 aliphatic rings. The van der Waals surface area contributed by atoms with E-state index < -0.39 is 20.1 Å². The summed E-state index contributed by atoms with van der Waals surface area (Å²) >= 11 is -1.97. The van der Waals surface area contributed by atoms with Gasteiger partial charge in [0.1, 0.15) is 0 Å². The van der Waals surface area contributed by atoms with E-state index in [0.717, 1.165) is 5.69 Å². The molecule has 1 aromatic heterocycles. The zero-order valence-corrected chi connectivity index (χ0v) is 20.9. The number of hydrogen-bond donors (Lipinski definition) is 0. The molecule has 2 nitrogen and oxygen atoms in total. The van der Waals surface area contributed by atoms with E-state index in [1.807, 2.05) is 12.3 Å². The van der Waals surface area contributed by atoms with E-state index in [1.54, 1.807) is 0 Å². The summed E-state index contributed by atoms with van der Waals surface area (Å²) in [4.78, 5) is 4.76. The van der Waals surface area contributed by atoms with Crippen LogP contribution in [0.15, 0.2) is 115 Å². The number of nitrogens with zero attached hydrogens (tertiary/aromatic N) is 2. The standard InChI is InChI=1S/C30H25IN2/c1-21-11-10-16-27(30(21)28-17-8-9-18-32-28)31-26-15-7-6-14-24(26)29-19-22(2)25(20-33(29)31)23-12-4-3-5-13-23/h3-20,29H,1-2H3. The van der Waals surface area contributed by atoms with Crippen LogP contribution >= 0.6 is 20.1 Å². The molecule has 1 atom stereocenters. The van der Waals surface area contributed by atoms with Gasteiger partial charge in [-0.2, -0.15) is 0 Å². The van der Waals surface area contributed by atoms with Gasteiger partial charge in [-0.3, -0.25) is 0 Å². The molecule has 4 aromatic rings. The predicted octanol–water partition coefficient (Wildman–Crippen LogP) is 7.88. The van der Waals surface area contributed by atoms with Gasteiger partial charge in [0.15, 0.2) is 0 Å². The zero-order valence-electron chi connectivity index (χ0n) is 18.7. The van der Waals surface area contributed by atoms with Crippen molar-refractivity contribution < 1.29 is 0 Å². The molecule has 0 radical (unpaired) electrons. The quantitative estimate of drug-likeness (QED) is 0.194. The maximum atomic E-state index is 4.76. The van der Waals surface area contributed by atoms with E-state index in [-0.39, 0.29) is 0 Å². The third kappa shape index (κ3) is 3.42. The van der Waals surface area contributed by atoms with Crippen molar-refractivity contribution in [1.29, 1.82) is 0 Å². The van der Waals surface area contributed by atoms with Gasteiger partial charge in [0.25, 0.3) is 0 Å². The second kappa shape index (κ2) is 8.31. The molecule has 2 aliphatic heterocycles. The van der Waals surface area contributed by atoms with Gasteiger partial charge in [-0.1, -0.05) is 0 Å². The van der Waals surface area contributed by atoms with Crippen LogP contribution in [0.2, 0.25) is 0 Å². The second-order valence-electron chi connectivity index (χ2n) is 8.48. The van der Waals surface area contributed by atoms with Crippen LogP contribution < -0.4 is 0 Å². The number of rotatable bonds is 3. The molecule has 3 heterocycles. The van der Waals surface area contributed by atoms with Gasteiger partial charge in [-0.15, -0.1) is 0 Å². The molecule has 0 amide bonds. The van der Waals surface area contributed by atoms with Gasteiger partial charge in [0.05, 0.1) is 0 Å². The van der Waals surface area contributed by atoms with Crippen molar-refractivity contribution in [2.45, 2.75) is 19.9 Å². The Labute approximate surface area is 203 Å². The van der Waals surface area contributed by atoms with E-state index in [9.17, 15) is 0 Å². The molecule has 0 fully saturated rings. The number of halogens is 1. The molecule has 0 bridgehead atoms. The first-order valence-electron chi connectivity index (χ1n) is 11.3. The van der Waals surface area contributed by atoms with Crippen molar-refractivity contribution in [1.82, 2.24) is 8.10 Å². The SMILES string of the molecule is CC1=CC2c3ccccc3I(c3cccc(C)c3-c3ccccn3)N2C=C1c1ccccc1. The van der Waals surface area contributed by atoms with E-state index in [2.05, 4.69) is 114 Å². The van der Waals surface area contributed by atoms with Crippen LogP contribution in [-0.4, -0.2) is 8.10 Å². The number of fused-ring (bicyclic) bond motifs is 3. The molecule has 3 heteroatoms. The molecule has 162 valence electrons. The predicted molar refractivity (Wildman–Crippen MR) is 145 cm³/mol. The summed E-state index contributed by atoms with van der Waals surface area (Å²) in [7, 11) is 0. The van der Waals surface area contributed by atoms with Crippen LogP contribution in [0.1, 0.15) is 29.7 Å². The first-order valence-corrected chi connectivity index (χ1v) is 14.4. The van der Waals surface area contributed by atoms with E-state index in [4.69, 9.17) is 4.98 Å². The third-order valence-corrected chi connectivity index (χ3v) is 12.5. The van der Waals surface area contributed by atoms with Crippen molar-refractivity contribution in [3.63, 3.8) is 0 Å². The van der Waals surface area contributed by atoms with Crippen LogP contribution in [0.25, 0.3) is 16.8 Å². The molecule has 0 saturated heterocycles. The number of hydrogen-bond acceptors (Lipinski definition) is 2. The molecule has 0 N–H and O–H groups in total. The Kier molecular flexibility index (Phi) is 5.14. The average molecular weight is 540 g/mol. The number of benzene rings is 3. The number of pyridine rings is 1. The van der Waals surface area contributed by atoms with Crippen molar-refractivity contribution >= 4 is 25.7 Å². The first-order chi connectivity index (χ1) is 16.2. The number of aryl methyl sites for hydroxylation is 1.